The molecule has 4 aliphatic rings. The topological polar surface area (TPSA) is 326 Å². The highest BCUT2D eigenvalue weighted by Gasteiger charge is 2.42. The molecular weight excluding hydrogens is 1780 g/mol. The molecule has 716 valence electrons. The fourth-order valence-electron chi connectivity index (χ4n) is 20.3. The number of carboxylic acids is 3. The fraction of sp³-hybridized carbons (Fsp3) is 0.368. The molecule has 0 atom stereocenters. The van der Waals surface area contributed by atoms with Crippen LogP contribution < -0.4 is 0 Å². The number of aromatic nitrogens is 13. The van der Waals surface area contributed by atoms with Crippen LogP contribution in [0, 0.1) is 96.5 Å². The van der Waals surface area contributed by atoms with Crippen LogP contribution in [0.4, 0.5) is 30.7 Å². The van der Waals surface area contributed by atoms with E-state index >= 15 is 8.78 Å². The number of ether oxygens (including phenoxy) is 1. The highest BCUT2D eigenvalue weighted by atomic mass is 19.2. The number of nitrogens with zero attached hydrogens (tertiary/aromatic N) is 13. The second-order valence-electron chi connectivity index (χ2n) is 38.6. The monoisotopic (exact) mass is 1890 g/mol. The number of hydrogen-bond donors (Lipinski definition) is 3. The van der Waals surface area contributed by atoms with Gasteiger partial charge in [-0.25, -0.2) is 54.9 Å². The van der Waals surface area contributed by atoms with Crippen molar-refractivity contribution in [2.75, 3.05) is 7.11 Å². The van der Waals surface area contributed by atoms with Crippen molar-refractivity contribution in [3.63, 3.8) is 0 Å². The number of pyridine rings is 5. The van der Waals surface area contributed by atoms with E-state index in [1.807, 2.05) is 103 Å². The molecule has 3 aromatic carbocycles. The summed E-state index contributed by atoms with van der Waals surface area (Å²) < 4.78 is 136. The second kappa shape index (κ2) is 38.1. The number of benzene rings is 3. The molecule has 0 bridgehead atoms. The van der Waals surface area contributed by atoms with Crippen LogP contribution in [0.1, 0.15) is 205 Å². The summed E-state index contributed by atoms with van der Waals surface area (Å²) in [7, 11) is 1.34. The Morgan fingerprint density at radius 3 is 1.02 bits per heavy atom. The number of alkyl halides is 4. The number of carbonyl (C=O) groups is 4. The summed E-state index contributed by atoms with van der Waals surface area (Å²) in [6.45, 7) is 24.3. The van der Waals surface area contributed by atoms with Gasteiger partial charge >= 0.3 is 23.9 Å². The van der Waals surface area contributed by atoms with Crippen molar-refractivity contribution in [3.8, 4) is 89.0 Å². The average molecular weight is 1890 g/mol. The van der Waals surface area contributed by atoms with E-state index in [9.17, 15) is 51.3 Å². The van der Waals surface area contributed by atoms with Crippen LogP contribution in [0.25, 0.3) is 133 Å². The van der Waals surface area contributed by atoms with E-state index in [1.165, 1.54) is 25.3 Å². The Labute approximate surface area is 789 Å². The Hall–Kier alpha value is -14.2. The molecule has 0 spiro atoms. The van der Waals surface area contributed by atoms with Gasteiger partial charge in [0.15, 0.2) is 11.6 Å². The van der Waals surface area contributed by atoms with Crippen molar-refractivity contribution in [3.05, 3.63) is 232 Å². The molecule has 4 fully saturated rings. The number of hydrogen-bond acceptors (Lipinski definition) is 18. The summed E-state index contributed by atoms with van der Waals surface area (Å²) in [5.74, 6) is -3.44. The molecule has 0 radical (unpaired) electrons. The molecule has 138 heavy (non-hydrogen) atoms. The smallest absolute Gasteiger partial charge is 0.356 e. The summed E-state index contributed by atoms with van der Waals surface area (Å²) in [5, 5.41) is 43.8. The highest BCUT2D eigenvalue weighted by Crippen LogP contribution is 2.47. The van der Waals surface area contributed by atoms with Crippen LogP contribution in [0.5, 0.6) is 0 Å². The van der Waals surface area contributed by atoms with Crippen molar-refractivity contribution >= 4 is 68.0 Å². The molecule has 0 amide bonds. The Bertz CT molecular complexity index is 7260. The molecule has 3 N–H and O–H groups in total. The number of aromatic carboxylic acids is 3. The van der Waals surface area contributed by atoms with E-state index in [4.69, 9.17) is 42.9 Å². The summed E-state index contributed by atoms with van der Waals surface area (Å²) in [5.41, 5.74) is 16.3. The van der Waals surface area contributed by atoms with Crippen molar-refractivity contribution < 1.29 is 88.1 Å². The number of aryl methyl sites for hydroxylation is 8. The number of carboxylic acid groups (broad SMARTS) is 3. The van der Waals surface area contributed by atoms with E-state index in [1.54, 1.807) is 82.8 Å². The molecule has 0 unspecified atom stereocenters. The number of halogens is 7. The van der Waals surface area contributed by atoms with Crippen molar-refractivity contribution in [2.45, 2.75) is 222 Å². The van der Waals surface area contributed by atoms with E-state index in [-0.39, 0.29) is 39.8 Å². The summed E-state index contributed by atoms with van der Waals surface area (Å²) in [4.78, 5) is 68.7. The molecule has 25 nitrogen and oxygen atoms in total. The van der Waals surface area contributed by atoms with Gasteiger partial charge in [-0.1, -0.05) is 51.0 Å². The minimum Gasteiger partial charge on any atom is -0.478 e. The predicted molar refractivity (Wildman–Crippen MR) is 507 cm³/mol. The SMILES string of the molecule is COC(=O)c1ccc(-c2cn(CC3CCC(C)(F)CC3)c3cc(-c4c(C)noc4C)cnc23)cn1.Cc1noc(C)c1-c1cnc2c(-c3ccc(C(=O)O)c(F)c3F)cn(CC3CCC(C)(F)CC3)c2c1.Cc1noc(C)c1-c1cnc2c(-c3ccc(C(=O)O)cc3)cn(CC3CC(C)(F)C3)c2c1.Cc1noc(C)c1-c1cnc2c(-c3ccc(C(=O)O)cc3F)cn(CC3CCC(C)(F)CC3)c2c1. The lowest BCUT2D eigenvalue weighted by Crippen LogP contribution is -2.38. The lowest BCUT2D eigenvalue weighted by Gasteiger charge is -2.39. The Balaban J connectivity index is 0.000000127. The zero-order valence-electron chi connectivity index (χ0n) is 78.9. The zero-order chi connectivity index (χ0) is 98.0. The Kier molecular flexibility index (Phi) is 26.3. The van der Waals surface area contributed by atoms with Crippen LogP contribution in [0.15, 0.2) is 165 Å². The first-order chi connectivity index (χ1) is 65.6. The fourth-order valence-corrected chi connectivity index (χ4v) is 20.3. The zero-order valence-corrected chi connectivity index (χ0v) is 78.9. The van der Waals surface area contributed by atoms with E-state index in [0.29, 0.717) is 128 Å². The lowest BCUT2D eigenvalue weighted by atomic mass is 9.73. The van der Waals surface area contributed by atoms with E-state index in [2.05, 4.69) is 62.6 Å². The third-order valence-corrected chi connectivity index (χ3v) is 27.9. The van der Waals surface area contributed by atoms with Crippen molar-refractivity contribution in [2.24, 2.45) is 23.7 Å². The van der Waals surface area contributed by atoms with Gasteiger partial charge < -0.3 is 56.4 Å². The molecule has 16 aromatic rings. The lowest BCUT2D eigenvalue weighted by molar-refractivity contribution is 0.0177. The molecule has 0 aliphatic heterocycles. The van der Waals surface area contributed by atoms with Crippen LogP contribution in [-0.2, 0) is 30.9 Å². The molecule has 20 rings (SSSR count). The normalized spacial score (nSPS) is 20.3. The summed E-state index contributed by atoms with van der Waals surface area (Å²) in [6.07, 6.45) is 25.4. The second-order valence-corrected chi connectivity index (χ2v) is 38.6. The summed E-state index contributed by atoms with van der Waals surface area (Å²) in [6, 6.07) is 24.7. The standard InChI is InChI=1S/C27H26F3N3O3.C27H27F2N3O3.C27H29FN4O3.C25H24FN3O3/c1-14-22(15(2)36-32-14)17-10-21-25(31-11-17)20(18-4-5-19(26(34)35)24(29)23(18)28)13-33(21)12-16-6-8-27(3,30)9-7-16;1-15-24(16(2)35-31-15)19-11-23-25(30-12-19)21(20-5-4-18(26(33)34)10-22(20)28)14-32(23)13-17-6-8-27(3,29)9-7-17;1-16-24(17(2)35-31-16)20-11-23-25(30-13-20)21(19-5-6-22(29-12-19)26(33)34-4)15-32(23)14-18-7-9-27(3,28)10-8-18;1-14-22(15(2)32-28-14)19-8-21-23(27-11-19)20(17-4-6-18(7-5-17)24(30)31)13-29(21)12-16-9-25(3,26)10-16/h4-5,10-11,13,16H,6-9,12H2,1-3H3,(H,34,35);4-5,10-12,14,17H,6-9,13H2,1-3H3,(H,33,34);5-6,11-13,15,18H,7-10,14H2,1-4H3;4-8,11,13,16H,9-10,12H2,1-3H3,(H,30,31). The van der Waals surface area contributed by atoms with Gasteiger partial charge in [-0.2, -0.15) is 0 Å². The van der Waals surface area contributed by atoms with Gasteiger partial charge in [0.1, 0.15) is 57.2 Å². The van der Waals surface area contributed by atoms with E-state index < -0.39 is 69.6 Å². The number of fused-ring (bicyclic) bond motifs is 4. The first-order valence-electron chi connectivity index (χ1n) is 46.2. The molecule has 4 saturated carbocycles. The molecule has 4 aliphatic carbocycles. The largest absolute Gasteiger partial charge is 0.478 e. The number of methoxy groups -OCH3 is 1. The average Bonchev–Trinajstić information content (AvgIpc) is 1.62. The number of rotatable bonds is 20. The van der Waals surface area contributed by atoms with Gasteiger partial charge in [-0.3, -0.25) is 19.9 Å². The van der Waals surface area contributed by atoms with Gasteiger partial charge in [0.2, 0.25) is 0 Å². The molecule has 13 heterocycles. The molecule has 32 heteroatoms. The minimum atomic E-state index is -1.54. The van der Waals surface area contributed by atoms with Gasteiger partial charge in [-0.05, 0) is 263 Å². The van der Waals surface area contributed by atoms with Crippen molar-refractivity contribution in [1.29, 1.82) is 0 Å². The predicted octanol–water partition coefficient (Wildman–Crippen LogP) is 25.5. The maximum atomic E-state index is 15.1. The highest BCUT2D eigenvalue weighted by molar-refractivity contribution is 6.01. The quantitative estimate of drug-likeness (QED) is 0.0471. The number of carbonyl (C=O) groups excluding carboxylic acids is 1. The van der Waals surface area contributed by atoms with Gasteiger partial charge in [0.05, 0.1) is 90.7 Å². The van der Waals surface area contributed by atoms with Gasteiger partial charge in [0.25, 0.3) is 0 Å². The summed E-state index contributed by atoms with van der Waals surface area (Å²) >= 11 is 0. The number of esters is 1. The van der Waals surface area contributed by atoms with E-state index in [0.717, 1.165) is 180 Å². The first kappa shape index (κ1) is 95.5. The van der Waals surface area contributed by atoms with Gasteiger partial charge in [-0.15, -0.1) is 0 Å². The Morgan fingerprint density at radius 2 is 0.696 bits per heavy atom. The molecule has 13 aromatic heterocycles. The van der Waals surface area contributed by atoms with Crippen LogP contribution in [0.2, 0.25) is 0 Å². The third kappa shape index (κ3) is 19.8. The maximum absolute atomic E-state index is 15.1. The molecular formula is C106H106F7N13O12. The van der Waals surface area contributed by atoms with Crippen LogP contribution >= 0.6 is 0 Å². The van der Waals surface area contributed by atoms with Gasteiger partial charge in [0, 0.05) is 165 Å². The Morgan fingerprint density at radius 1 is 0.370 bits per heavy atom. The van der Waals surface area contributed by atoms with Crippen LogP contribution in [-0.4, -0.2) is 133 Å². The molecule has 0 saturated heterocycles. The minimum absolute atomic E-state index is 0.0705. The van der Waals surface area contributed by atoms with Crippen molar-refractivity contribution in [1.82, 2.24) is 63.8 Å². The third-order valence-electron chi connectivity index (χ3n) is 27.9. The maximum Gasteiger partial charge on any atom is 0.356 e. The first-order valence-corrected chi connectivity index (χ1v) is 46.2. The van der Waals surface area contributed by atoms with Crippen LogP contribution in [0.3, 0.4) is 0 Å².